The second kappa shape index (κ2) is 7.77. The van der Waals surface area contributed by atoms with E-state index < -0.39 is 5.82 Å². The van der Waals surface area contributed by atoms with Crippen LogP contribution in [-0.2, 0) is 16.0 Å². The molecule has 142 valence electrons. The Morgan fingerprint density at radius 2 is 2.14 bits per heavy atom. The molecule has 0 saturated carbocycles. The molecule has 0 atom stereocenters. The van der Waals surface area contributed by atoms with Gasteiger partial charge < -0.3 is 10.1 Å². The summed E-state index contributed by atoms with van der Waals surface area (Å²) in [4.78, 5) is 27.9. The fourth-order valence-electron chi connectivity index (χ4n) is 2.87. The Labute approximate surface area is 164 Å². The Morgan fingerprint density at radius 3 is 3.00 bits per heavy atom. The fraction of sp³-hybridized carbons (Fsp3) is 0.150. The highest BCUT2D eigenvalue weighted by atomic mass is 32.1. The summed E-state index contributed by atoms with van der Waals surface area (Å²) >= 11 is 1.31. The number of benzene rings is 2. The van der Waals surface area contributed by atoms with Crippen molar-refractivity contribution in [1.82, 2.24) is 4.98 Å². The van der Waals surface area contributed by atoms with Crippen molar-refractivity contribution in [2.24, 2.45) is 0 Å². The van der Waals surface area contributed by atoms with Gasteiger partial charge in [0, 0.05) is 29.1 Å². The summed E-state index contributed by atoms with van der Waals surface area (Å²) in [5, 5.41) is 7.83. The zero-order valence-electron chi connectivity index (χ0n) is 14.7. The molecule has 2 heterocycles. The van der Waals surface area contributed by atoms with E-state index in [1.807, 2.05) is 23.6 Å². The lowest BCUT2D eigenvalue weighted by molar-refractivity contribution is -0.118. The molecule has 2 amide bonds. The molecule has 8 heteroatoms. The second-order valence-corrected chi connectivity index (χ2v) is 7.11. The van der Waals surface area contributed by atoms with Crippen LogP contribution < -0.4 is 15.4 Å². The number of nitrogens with one attached hydrogen (secondary N) is 2. The van der Waals surface area contributed by atoms with Gasteiger partial charge in [0.05, 0.1) is 5.69 Å². The highest BCUT2D eigenvalue weighted by molar-refractivity contribution is 7.14. The number of hydrogen-bond donors (Lipinski definition) is 2. The van der Waals surface area contributed by atoms with E-state index in [1.165, 1.54) is 29.5 Å². The SMILES string of the molecule is O=C(COc1cccc(F)c1)Nc1nc(-c2ccc3c(c2)CCC(=O)N3)cs1. The first-order valence-electron chi connectivity index (χ1n) is 8.64. The molecule has 1 aliphatic rings. The van der Waals surface area contributed by atoms with Crippen molar-refractivity contribution in [1.29, 1.82) is 0 Å². The van der Waals surface area contributed by atoms with Gasteiger partial charge in [0.2, 0.25) is 5.91 Å². The van der Waals surface area contributed by atoms with E-state index in [0.29, 0.717) is 18.0 Å². The number of hydrogen-bond acceptors (Lipinski definition) is 5. The number of carbonyl (C=O) groups is 2. The molecular formula is C20H16FN3O3S. The van der Waals surface area contributed by atoms with Gasteiger partial charge in [-0.05, 0) is 36.2 Å². The van der Waals surface area contributed by atoms with Crippen molar-refractivity contribution < 1.29 is 18.7 Å². The zero-order valence-corrected chi connectivity index (χ0v) is 15.5. The molecule has 0 spiro atoms. The number of aryl methyl sites for hydroxylation is 1. The highest BCUT2D eigenvalue weighted by Gasteiger charge is 2.16. The first-order chi connectivity index (χ1) is 13.6. The first-order valence-corrected chi connectivity index (χ1v) is 9.52. The molecule has 2 aromatic carbocycles. The van der Waals surface area contributed by atoms with E-state index in [0.717, 1.165) is 22.5 Å². The number of halogens is 1. The number of nitrogens with zero attached hydrogens (tertiary/aromatic N) is 1. The van der Waals surface area contributed by atoms with E-state index in [-0.39, 0.29) is 24.2 Å². The number of thiazole rings is 1. The monoisotopic (exact) mass is 397 g/mol. The fourth-order valence-corrected chi connectivity index (χ4v) is 3.60. The highest BCUT2D eigenvalue weighted by Crippen LogP contribution is 2.30. The third-order valence-electron chi connectivity index (χ3n) is 4.21. The summed E-state index contributed by atoms with van der Waals surface area (Å²) in [6.45, 7) is -0.239. The summed E-state index contributed by atoms with van der Waals surface area (Å²) in [6, 6.07) is 11.4. The van der Waals surface area contributed by atoms with Crippen LogP contribution >= 0.6 is 11.3 Å². The maximum absolute atomic E-state index is 13.1. The lowest BCUT2D eigenvalue weighted by atomic mass is 9.99. The molecule has 0 bridgehead atoms. The maximum Gasteiger partial charge on any atom is 0.264 e. The molecule has 0 unspecified atom stereocenters. The topological polar surface area (TPSA) is 80.3 Å². The van der Waals surface area contributed by atoms with Crippen molar-refractivity contribution >= 4 is 34.0 Å². The van der Waals surface area contributed by atoms with E-state index >= 15 is 0 Å². The Morgan fingerprint density at radius 1 is 1.25 bits per heavy atom. The predicted molar refractivity (Wildman–Crippen MR) is 105 cm³/mol. The van der Waals surface area contributed by atoms with E-state index in [1.54, 1.807) is 6.07 Å². The molecule has 2 N–H and O–H groups in total. The van der Waals surface area contributed by atoms with Gasteiger partial charge in [0.15, 0.2) is 11.7 Å². The van der Waals surface area contributed by atoms with Gasteiger partial charge in [-0.3, -0.25) is 14.9 Å². The lowest BCUT2D eigenvalue weighted by Gasteiger charge is -2.17. The standard InChI is InChI=1S/C20H16FN3O3S/c21-14-2-1-3-15(9-14)27-10-19(26)24-20-23-17(11-28-20)13-4-6-16-12(8-13)5-7-18(25)22-16/h1-4,6,8-9,11H,5,7,10H2,(H,22,25)(H,23,24,26). The second-order valence-electron chi connectivity index (χ2n) is 6.25. The average Bonchev–Trinajstić information content (AvgIpc) is 3.14. The number of rotatable bonds is 5. The van der Waals surface area contributed by atoms with E-state index in [2.05, 4.69) is 15.6 Å². The average molecular weight is 397 g/mol. The smallest absolute Gasteiger partial charge is 0.264 e. The van der Waals surface area contributed by atoms with Crippen LogP contribution in [0, 0.1) is 5.82 Å². The number of carbonyl (C=O) groups excluding carboxylic acids is 2. The number of amides is 2. The summed E-state index contributed by atoms with van der Waals surface area (Å²) in [6.07, 6.45) is 1.17. The molecule has 0 radical (unpaired) electrons. The molecule has 28 heavy (non-hydrogen) atoms. The van der Waals surface area contributed by atoms with Gasteiger partial charge in [-0.25, -0.2) is 9.37 Å². The molecule has 4 rings (SSSR count). The van der Waals surface area contributed by atoms with Crippen LogP contribution in [0.2, 0.25) is 0 Å². The third-order valence-corrected chi connectivity index (χ3v) is 4.97. The van der Waals surface area contributed by atoms with Crippen LogP contribution in [0.4, 0.5) is 15.2 Å². The van der Waals surface area contributed by atoms with Crippen molar-refractivity contribution in [3.05, 3.63) is 59.2 Å². The van der Waals surface area contributed by atoms with Gasteiger partial charge in [-0.2, -0.15) is 0 Å². The van der Waals surface area contributed by atoms with Gasteiger partial charge >= 0.3 is 0 Å². The van der Waals surface area contributed by atoms with Crippen molar-refractivity contribution in [3.8, 4) is 17.0 Å². The quantitative estimate of drug-likeness (QED) is 0.685. The Kier molecular flexibility index (Phi) is 5.03. The minimum Gasteiger partial charge on any atom is -0.484 e. The van der Waals surface area contributed by atoms with Crippen LogP contribution in [-0.4, -0.2) is 23.4 Å². The molecule has 3 aromatic rings. The molecule has 6 nitrogen and oxygen atoms in total. The normalized spacial score (nSPS) is 12.8. The van der Waals surface area contributed by atoms with Crippen molar-refractivity contribution in [2.45, 2.75) is 12.8 Å². The molecule has 0 fully saturated rings. The first kappa shape index (κ1) is 18.1. The van der Waals surface area contributed by atoms with Gasteiger partial charge in [0.1, 0.15) is 11.6 Å². The maximum atomic E-state index is 13.1. The number of anilines is 2. The summed E-state index contributed by atoms with van der Waals surface area (Å²) in [5.41, 5.74) is 3.56. The molecule has 0 saturated heterocycles. The Balaban J connectivity index is 1.39. The third kappa shape index (κ3) is 4.17. The van der Waals surface area contributed by atoms with Crippen LogP contribution in [0.25, 0.3) is 11.3 Å². The number of aromatic nitrogens is 1. The number of fused-ring (bicyclic) bond motifs is 1. The zero-order chi connectivity index (χ0) is 19.5. The predicted octanol–water partition coefficient (Wildman–Crippen LogP) is 3.85. The summed E-state index contributed by atoms with van der Waals surface area (Å²) in [7, 11) is 0. The molecular weight excluding hydrogens is 381 g/mol. The number of ether oxygens (including phenoxy) is 1. The molecule has 1 aromatic heterocycles. The molecule has 1 aliphatic heterocycles. The van der Waals surface area contributed by atoms with Crippen LogP contribution in [0.3, 0.4) is 0 Å². The summed E-state index contributed by atoms with van der Waals surface area (Å²) < 4.78 is 18.4. The van der Waals surface area contributed by atoms with E-state index in [9.17, 15) is 14.0 Å². The minimum atomic E-state index is -0.424. The van der Waals surface area contributed by atoms with Crippen LogP contribution in [0.1, 0.15) is 12.0 Å². The minimum absolute atomic E-state index is 0.0272. The Hall–Kier alpha value is -3.26. The van der Waals surface area contributed by atoms with Crippen molar-refractivity contribution in [3.63, 3.8) is 0 Å². The Bertz CT molecular complexity index is 1050. The van der Waals surface area contributed by atoms with E-state index in [4.69, 9.17) is 4.74 Å². The largest absolute Gasteiger partial charge is 0.484 e. The van der Waals surface area contributed by atoms with Gasteiger partial charge in [0.25, 0.3) is 5.91 Å². The summed E-state index contributed by atoms with van der Waals surface area (Å²) in [5.74, 6) is -0.485. The van der Waals surface area contributed by atoms with Crippen molar-refractivity contribution in [2.75, 3.05) is 17.2 Å². The van der Waals surface area contributed by atoms with Gasteiger partial charge in [-0.15, -0.1) is 11.3 Å². The van der Waals surface area contributed by atoms with Crippen LogP contribution in [0.15, 0.2) is 47.8 Å². The van der Waals surface area contributed by atoms with Crippen LogP contribution in [0.5, 0.6) is 5.75 Å². The lowest BCUT2D eigenvalue weighted by Crippen LogP contribution is -2.20. The van der Waals surface area contributed by atoms with Gasteiger partial charge in [-0.1, -0.05) is 12.1 Å². The molecule has 0 aliphatic carbocycles.